The van der Waals surface area contributed by atoms with Crippen molar-refractivity contribution in [1.29, 1.82) is 5.26 Å². The van der Waals surface area contributed by atoms with Crippen molar-refractivity contribution in [2.24, 2.45) is 0 Å². The van der Waals surface area contributed by atoms with Crippen LogP contribution in [0.25, 0.3) is 12.2 Å². The summed E-state index contributed by atoms with van der Waals surface area (Å²) in [5.41, 5.74) is 0.295. The molecule has 1 heterocycles. The molecular formula is C21H20N2O6. The number of methoxy groups -OCH3 is 2. The van der Waals surface area contributed by atoms with E-state index >= 15 is 0 Å². The van der Waals surface area contributed by atoms with E-state index in [4.69, 9.17) is 4.42 Å². The largest absolute Gasteiger partial charge is 0.468 e. The fourth-order valence-electron chi connectivity index (χ4n) is 2.60. The third-order valence-electron chi connectivity index (χ3n) is 4.15. The highest BCUT2D eigenvalue weighted by molar-refractivity contribution is 6.01. The van der Waals surface area contributed by atoms with Crippen molar-refractivity contribution < 1.29 is 23.5 Å². The molecule has 150 valence electrons. The second-order valence-corrected chi connectivity index (χ2v) is 6.18. The van der Waals surface area contributed by atoms with Crippen LogP contribution in [0.15, 0.2) is 39.5 Å². The third kappa shape index (κ3) is 4.90. The Kier molecular flexibility index (Phi) is 6.93. The molecule has 0 N–H and O–H groups in total. The number of carbonyl (C=O) groups excluding carboxylic acids is 2. The number of rotatable bonds is 6. The molecule has 2 aromatic rings. The van der Waals surface area contributed by atoms with E-state index < -0.39 is 29.0 Å². The SMILES string of the molecule is COC(=O)C(C(=O)OC)c1cc(/C=C/c2ccc(N(C)C)cc2)oc(=O)c1C#N. The lowest BCUT2D eigenvalue weighted by atomic mass is 9.95. The number of benzene rings is 1. The summed E-state index contributed by atoms with van der Waals surface area (Å²) in [6.45, 7) is 0. The van der Waals surface area contributed by atoms with E-state index in [0.717, 1.165) is 25.5 Å². The van der Waals surface area contributed by atoms with E-state index in [1.54, 1.807) is 12.1 Å². The number of nitrogens with zero attached hydrogens (tertiary/aromatic N) is 2. The van der Waals surface area contributed by atoms with Gasteiger partial charge in [-0.2, -0.15) is 5.26 Å². The maximum atomic E-state index is 12.2. The number of nitriles is 1. The maximum absolute atomic E-state index is 12.2. The Bertz CT molecular complexity index is 1010. The Morgan fingerprint density at radius 2 is 1.69 bits per heavy atom. The molecule has 1 aromatic carbocycles. The summed E-state index contributed by atoms with van der Waals surface area (Å²) < 4.78 is 14.4. The van der Waals surface area contributed by atoms with E-state index in [-0.39, 0.29) is 11.3 Å². The number of esters is 2. The van der Waals surface area contributed by atoms with Gasteiger partial charge in [0.2, 0.25) is 0 Å². The van der Waals surface area contributed by atoms with Crippen molar-refractivity contribution in [3.05, 3.63) is 63.2 Å². The van der Waals surface area contributed by atoms with Crippen LogP contribution in [0.3, 0.4) is 0 Å². The van der Waals surface area contributed by atoms with Crippen LogP contribution in [-0.2, 0) is 19.1 Å². The normalized spacial score (nSPS) is 10.6. The molecular weight excluding hydrogens is 376 g/mol. The number of hydrogen-bond donors (Lipinski definition) is 0. The molecule has 29 heavy (non-hydrogen) atoms. The third-order valence-corrected chi connectivity index (χ3v) is 4.15. The Labute approximate surface area is 167 Å². The molecule has 0 fully saturated rings. The average Bonchev–Trinajstić information content (AvgIpc) is 2.72. The Hall–Kier alpha value is -3.86. The van der Waals surface area contributed by atoms with Crippen LogP contribution in [0.5, 0.6) is 0 Å². The number of anilines is 1. The first kappa shape index (κ1) is 21.4. The number of carbonyl (C=O) groups is 2. The van der Waals surface area contributed by atoms with Crippen LogP contribution in [-0.4, -0.2) is 40.3 Å². The molecule has 0 bridgehead atoms. The van der Waals surface area contributed by atoms with Crippen LogP contribution in [0.2, 0.25) is 0 Å². The van der Waals surface area contributed by atoms with Gasteiger partial charge in [-0.05, 0) is 29.8 Å². The number of ether oxygens (including phenoxy) is 2. The molecule has 0 radical (unpaired) electrons. The van der Waals surface area contributed by atoms with Crippen molar-refractivity contribution in [2.45, 2.75) is 5.92 Å². The zero-order chi connectivity index (χ0) is 21.6. The van der Waals surface area contributed by atoms with Gasteiger partial charge in [-0.3, -0.25) is 9.59 Å². The van der Waals surface area contributed by atoms with Gasteiger partial charge in [-0.25, -0.2) is 4.79 Å². The summed E-state index contributed by atoms with van der Waals surface area (Å²) in [5, 5.41) is 9.29. The van der Waals surface area contributed by atoms with Gasteiger partial charge >= 0.3 is 17.6 Å². The molecule has 2 rings (SSSR count). The summed E-state index contributed by atoms with van der Waals surface area (Å²) in [5.74, 6) is -3.41. The molecule has 8 nitrogen and oxygen atoms in total. The van der Waals surface area contributed by atoms with Gasteiger partial charge in [0.1, 0.15) is 17.4 Å². The molecule has 0 saturated carbocycles. The van der Waals surface area contributed by atoms with Crippen LogP contribution < -0.4 is 10.5 Å². The summed E-state index contributed by atoms with van der Waals surface area (Å²) >= 11 is 0. The predicted molar refractivity (Wildman–Crippen MR) is 106 cm³/mol. The highest BCUT2D eigenvalue weighted by atomic mass is 16.5. The molecule has 0 atom stereocenters. The van der Waals surface area contributed by atoms with Gasteiger partial charge in [-0.15, -0.1) is 0 Å². The smallest absolute Gasteiger partial charge is 0.354 e. The van der Waals surface area contributed by atoms with Crippen molar-refractivity contribution >= 4 is 29.8 Å². The summed E-state index contributed by atoms with van der Waals surface area (Å²) in [4.78, 5) is 38.3. The predicted octanol–water partition coefficient (Wildman–Crippen LogP) is 2.18. The molecule has 0 saturated heterocycles. The monoisotopic (exact) mass is 396 g/mol. The van der Waals surface area contributed by atoms with E-state index in [9.17, 15) is 19.6 Å². The molecule has 0 aliphatic heterocycles. The molecule has 0 unspecified atom stereocenters. The van der Waals surface area contributed by atoms with E-state index in [1.165, 1.54) is 12.1 Å². The van der Waals surface area contributed by atoms with Gasteiger partial charge in [0, 0.05) is 25.3 Å². The molecule has 1 aromatic heterocycles. The summed E-state index contributed by atoms with van der Waals surface area (Å²) in [6, 6.07) is 10.5. The fourth-order valence-corrected chi connectivity index (χ4v) is 2.60. The standard InChI is InChI=1S/C21H20N2O6/c1-23(2)14-8-5-13(6-9-14)7-10-15-11-16(17(12-22)19(24)29-15)18(20(25)27-3)21(26)28-4/h5-11,18H,1-4H3/b10-7+. The molecule has 0 spiro atoms. The van der Waals surface area contributed by atoms with Gasteiger partial charge in [-0.1, -0.05) is 18.2 Å². The first-order valence-electron chi connectivity index (χ1n) is 8.51. The maximum Gasteiger partial charge on any atom is 0.354 e. The van der Waals surface area contributed by atoms with Gasteiger partial charge in [0.15, 0.2) is 5.92 Å². The number of hydrogen-bond acceptors (Lipinski definition) is 8. The van der Waals surface area contributed by atoms with E-state index in [0.29, 0.717) is 0 Å². The minimum atomic E-state index is -1.57. The zero-order valence-corrected chi connectivity index (χ0v) is 16.5. The lowest BCUT2D eigenvalue weighted by Gasteiger charge is -2.13. The second kappa shape index (κ2) is 9.37. The Morgan fingerprint density at radius 1 is 1.10 bits per heavy atom. The Balaban J connectivity index is 2.50. The van der Waals surface area contributed by atoms with E-state index in [1.807, 2.05) is 43.3 Å². The minimum Gasteiger partial charge on any atom is -0.468 e. The van der Waals surface area contributed by atoms with Gasteiger partial charge in [0.05, 0.1) is 14.2 Å². The molecule has 0 aliphatic rings. The minimum absolute atomic E-state index is 0.0680. The van der Waals surface area contributed by atoms with Crippen molar-refractivity contribution in [1.82, 2.24) is 0 Å². The highest BCUT2D eigenvalue weighted by Crippen LogP contribution is 2.23. The second-order valence-electron chi connectivity index (χ2n) is 6.18. The first-order chi connectivity index (χ1) is 13.8. The topological polar surface area (TPSA) is 110 Å². The molecule has 8 heteroatoms. The highest BCUT2D eigenvalue weighted by Gasteiger charge is 2.34. The van der Waals surface area contributed by atoms with Gasteiger partial charge in [0.25, 0.3) is 0 Å². The van der Waals surface area contributed by atoms with Gasteiger partial charge < -0.3 is 18.8 Å². The van der Waals surface area contributed by atoms with Crippen LogP contribution in [0.4, 0.5) is 5.69 Å². The van der Waals surface area contributed by atoms with Crippen molar-refractivity contribution in [2.75, 3.05) is 33.2 Å². The van der Waals surface area contributed by atoms with Crippen LogP contribution in [0.1, 0.15) is 28.4 Å². The Morgan fingerprint density at radius 3 is 2.17 bits per heavy atom. The fraction of sp³-hybridized carbons (Fsp3) is 0.238. The quantitative estimate of drug-likeness (QED) is 0.540. The first-order valence-corrected chi connectivity index (χ1v) is 8.51. The van der Waals surface area contributed by atoms with Crippen LogP contribution >= 0.6 is 0 Å². The summed E-state index contributed by atoms with van der Waals surface area (Å²) in [7, 11) is 6.04. The lowest BCUT2D eigenvalue weighted by molar-refractivity contribution is -0.154. The average molecular weight is 396 g/mol. The van der Waals surface area contributed by atoms with Crippen molar-refractivity contribution in [3.63, 3.8) is 0 Å². The molecule has 0 amide bonds. The van der Waals surface area contributed by atoms with Crippen molar-refractivity contribution in [3.8, 4) is 6.07 Å². The summed E-state index contributed by atoms with van der Waals surface area (Å²) in [6.07, 6.45) is 3.20. The molecule has 0 aliphatic carbocycles. The van der Waals surface area contributed by atoms with E-state index in [2.05, 4.69) is 9.47 Å². The van der Waals surface area contributed by atoms with Crippen LogP contribution in [0, 0.1) is 11.3 Å². The zero-order valence-electron chi connectivity index (χ0n) is 16.5. The lowest BCUT2D eigenvalue weighted by Crippen LogP contribution is -2.27.